The van der Waals surface area contributed by atoms with Gasteiger partial charge in [-0.25, -0.2) is 9.59 Å². The summed E-state index contributed by atoms with van der Waals surface area (Å²) in [5.41, 5.74) is 1.69. The number of piperazine rings is 1. The highest BCUT2D eigenvalue weighted by atomic mass is 19.4. The number of urea groups is 1. The van der Waals surface area contributed by atoms with Gasteiger partial charge in [-0.15, -0.1) is 0 Å². The number of aromatic carboxylic acids is 1. The molecule has 3 aromatic carbocycles. The summed E-state index contributed by atoms with van der Waals surface area (Å²) >= 11 is 0. The van der Waals surface area contributed by atoms with E-state index < -0.39 is 23.7 Å². The van der Waals surface area contributed by atoms with Crippen LogP contribution in [0.5, 0.6) is 0 Å². The van der Waals surface area contributed by atoms with Crippen LogP contribution in [0, 0.1) is 0 Å². The molecule has 0 radical (unpaired) electrons. The number of aromatic nitrogens is 2. The highest BCUT2D eigenvalue weighted by Gasteiger charge is 2.36. The summed E-state index contributed by atoms with van der Waals surface area (Å²) in [6, 6.07) is 15.1. The number of likely N-dealkylation sites (N-methyl/N-ethyl adjacent to an activating group) is 1. The van der Waals surface area contributed by atoms with Crippen molar-refractivity contribution in [3.8, 4) is 11.1 Å². The number of fused-ring (bicyclic) bond motifs is 1. The van der Waals surface area contributed by atoms with Crippen LogP contribution in [0.4, 0.5) is 35.0 Å². The molecule has 1 fully saturated rings. The average Bonchev–Trinajstić information content (AvgIpc) is 3.33. The van der Waals surface area contributed by atoms with Gasteiger partial charge in [0.2, 0.25) is 0 Å². The fraction of sp³-hybridized carbons (Fsp3) is 0.222. The number of alkyl halides is 3. The maximum atomic E-state index is 13.9. The Morgan fingerprint density at radius 1 is 0.923 bits per heavy atom. The molecule has 4 aromatic rings. The molecular formula is C27H25F3N6O3. The van der Waals surface area contributed by atoms with Crippen molar-refractivity contribution in [1.82, 2.24) is 15.1 Å². The second kappa shape index (κ2) is 10.3. The minimum Gasteiger partial charge on any atom is -0.476 e. The van der Waals surface area contributed by atoms with Crippen molar-refractivity contribution in [1.29, 1.82) is 0 Å². The largest absolute Gasteiger partial charge is 0.476 e. The molecule has 2 amide bonds. The van der Waals surface area contributed by atoms with E-state index in [-0.39, 0.29) is 17.1 Å². The molecule has 0 bridgehead atoms. The Morgan fingerprint density at radius 2 is 1.62 bits per heavy atom. The molecule has 5 rings (SSSR count). The van der Waals surface area contributed by atoms with Crippen LogP contribution in [0.15, 0.2) is 60.7 Å². The molecule has 1 aliphatic rings. The summed E-state index contributed by atoms with van der Waals surface area (Å²) < 4.78 is 41.7. The number of nitrogens with zero attached hydrogens (tertiary/aromatic N) is 3. The van der Waals surface area contributed by atoms with E-state index >= 15 is 0 Å². The zero-order chi connectivity index (χ0) is 27.7. The molecule has 1 saturated heterocycles. The number of aromatic amines is 1. The van der Waals surface area contributed by atoms with Crippen LogP contribution < -0.4 is 15.5 Å². The Labute approximate surface area is 221 Å². The molecule has 0 atom stereocenters. The first-order valence-electron chi connectivity index (χ1n) is 12.1. The van der Waals surface area contributed by atoms with Crippen LogP contribution >= 0.6 is 0 Å². The van der Waals surface area contributed by atoms with Gasteiger partial charge in [-0.05, 0) is 60.6 Å². The number of anilines is 3. The number of rotatable bonds is 5. The van der Waals surface area contributed by atoms with Gasteiger partial charge >= 0.3 is 18.2 Å². The molecule has 12 heteroatoms. The van der Waals surface area contributed by atoms with Crippen molar-refractivity contribution in [2.75, 3.05) is 48.8 Å². The minimum atomic E-state index is -4.58. The molecular weight excluding hydrogens is 513 g/mol. The van der Waals surface area contributed by atoms with Crippen LogP contribution in [0.1, 0.15) is 16.1 Å². The maximum absolute atomic E-state index is 13.9. The predicted octanol–water partition coefficient (Wildman–Crippen LogP) is 5.34. The Balaban J connectivity index is 1.32. The number of benzene rings is 3. The third-order valence-corrected chi connectivity index (χ3v) is 6.62. The van der Waals surface area contributed by atoms with Gasteiger partial charge in [0, 0.05) is 48.6 Å². The third-order valence-electron chi connectivity index (χ3n) is 6.62. The van der Waals surface area contributed by atoms with Crippen LogP contribution in [0.3, 0.4) is 0 Å². The van der Waals surface area contributed by atoms with E-state index in [1.54, 1.807) is 41.3 Å². The van der Waals surface area contributed by atoms with Crippen LogP contribution in [0.25, 0.3) is 22.0 Å². The Morgan fingerprint density at radius 3 is 2.31 bits per heavy atom. The maximum Gasteiger partial charge on any atom is 0.418 e. The molecule has 2 heterocycles. The Bertz CT molecular complexity index is 1540. The van der Waals surface area contributed by atoms with E-state index in [4.69, 9.17) is 0 Å². The monoisotopic (exact) mass is 538 g/mol. The van der Waals surface area contributed by atoms with Crippen LogP contribution in [0.2, 0.25) is 0 Å². The smallest absolute Gasteiger partial charge is 0.418 e. The van der Waals surface area contributed by atoms with E-state index in [1.807, 2.05) is 13.1 Å². The summed E-state index contributed by atoms with van der Waals surface area (Å²) in [6.07, 6.45) is -4.58. The quantitative estimate of drug-likeness (QED) is 0.273. The van der Waals surface area contributed by atoms with Crippen molar-refractivity contribution < 1.29 is 27.9 Å². The predicted molar refractivity (Wildman–Crippen MR) is 142 cm³/mol. The first-order valence-corrected chi connectivity index (χ1v) is 12.1. The zero-order valence-corrected chi connectivity index (χ0v) is 20.8. The summed E-state index contributed by atoms with van der Waals surface area (Å²) in [4.78, 5) is 27.7. The molecule has 202 valence electrons. The summed E-state index contributed by atoms with van der Waals surface area (Å²) in [6.45, 7) is 2.30. The van der Waals surface area contributed by atoms with Gasteiger partial charge in [0.05, 0.1) is 11.1 Å². The number of halogens is 3. The van der Waals surface area contributed by atoms with Gasteiger partial charge in [0.25, 0.3) is 0 Å². The number of carboxylic acids is 1. The Hall–Kier alpha value is -4.58. The number of carbonyl (C=O) groups is 2. The van der Waals surface area contributed by atoms with Crippen LogP contribution in [-0.4, -0.2) is 65.4 Å². The fourth-order valence-electron chi connectivity index (χ4n) is 4.60. The Kier molecular flexibility index (Phi) is 6.87. The number of hydrogen-bond donors (Lipinski definition) is 4. The van der Waals surface area contributed by atoms with E-state index in [2.05, 4.69) is 25.7 Å². The van der Waals surface area contributed by atoms with Crippen molar-refractivity contribution in [2.45, 2.75) is 6.18 Å². The molecule has 1 aliphatic heterocycles. The molecule has 0 aliphatic carbocycles. The van der Waals surface area contributed by atoms with Gasteiger partial charge in [-0.2, -0.15) is 18.3 Å². The lowest BCUT2D eigenvalue weighted by molar-refractivity contribution is -0.137. The SMILES string of the molecule is CN1CCN(c2ccc(NC(=O)Nc3cccc(-c4ccc5c(C(=O)O)n[nH]c5c4)c3)cc2C(F)(F)F)CC1. The van der Waals surface area contributed by atoms with Gasteiger partial charge in [-0.1, -0.05) is 18.2 Å². The standard InChI is InChI=1S/C27H25F3N6O3/c1-35-9-11-36(12-10-35)23-8-6-19(15-21(23)27(28,29)30)32-26(39)31-18-4-2-3-16(13-18)17-5-7-20-22(14-17)33-34-24(20)25(37)38/h2-8,13-15H,9-12H2,1H3,(H,33,34)(H,37,38)(H2,31,32,39). The van der Waals surface area contributed by atoms with Gasteiger partial charge < -0.3 is 25.5 Å². The number of carboxylic acid groups (broad SMARTS) is 1. The van der Waals surface area contributed by atoms with E-state index in [1.165, 1.54) is 12.1 Å². The second-order valence-corrected chi connectivity index (χ2v) is 9.32. The normalized spacial score (nSPS) is 14.4. The lowest BCUT2D eigenvalue weighted by Crippen LogP contribution is -2.45. The molecule has 0 spiro atoms. The first kappa shape index (κ1) is 26.0. The lowest BCUT2D eigenvalue weighted by Gasteiger charge is -2.35. The second-order valence-electron chi connectivity index (χ2n) is 9.32. The molecule has 1 aromatic heterocycles. The fourth-order valence-corrected chi connectivity index (χ4v) is 4.60. The van der Waals surface area contributed by atoms with E-state index in [0.29, 0.717) is 42.8 Å². The highest BCUT2D eigenvalue weighted by molar-refractivity contribution is 6.02. The molecule has 4 N–H and O–H groups in total. The molecule has 9 nitrogen and oxygen atoms in total. The van der Waals surface area contributed by atoms with Gasteiger partial charge in [-0.3, -0.25) is 5.10 Å². The van der Waals surface area contributed by atoms with Gasteiger partial charge in [0.1, 0.15) is 0 Å². The molecule has 39 heavy (non-hydrogen) atoms. The topological polar surface area (TPSA) is 114 Å². The number of hydrogen-bond acceptors (Lipinski definition) is 5. The number of carbonyl (C=O) groups excluding carboxylic acids is 1. The summed E-state index contributed by atoms with van der Waals surface area (Å²) in [5.74, 6) is -1.14. The average molecular weight is 539 g/mol. The molecule has 0 saturated carbocycles. The highest BCUT2D eigenvalue weighted by Crippen LogP contribution is 2.38. The number of nitrogens with one attached hydrogen (secondary N) is 3. The zero-order valence-electron chi connectivity index (χ0n) is 20.8. The van der Waals surface area contributed by atoms with Crippen LogP contribution in [-0.2, 0) is 6.18 Å². The first-order chi connectivity index (χ1) is 18.6. The van der Waals surface area contributed by atoms with E-state index in [0.717, 1.165) is 17.2 Å². The third kappa shape index (κ3) is 5.65. The van der Waals surface area contributed by atoms with E-state index in [9.17, 15) is 27.9 Å². The summed E-state index contributed by atoms with van der Waals surface area (Å²) in [5, 5.41) is 21.4. The minimum absolute atomic E-state index is 0.0211. The number of H-pyrrole nitrogens is 1. The van der Waals surface area contributed by atoms with Gasteiger partial charge in [0.15, 0.2) is 5.69 Å². The van der Waals surface area contributed by atoms with Crippen molar-refractivity contribution in [3.05, 3.63) is 71.9 Å². The summed E-state index contributed by atoms with van der Waals surface area (Å²) in [7, 11) is 1.93. The van der Waals surface area contributed by atoms with Crippen molar-refractivity contribution in [3.63, 3.8) is 0 Å². The van der Waals surface area contributed by atoms with Crippen molar-refractivity contribution in [2.24, 2.45) is 0 Å². The number of amides is 2. The lowest BCUT2D eigenvalue weighted by atomic mass is 10.0. The van der Waals surface area contributed by atoms with Crippen molar-refractivity contribution >= 4 is 40.0 Å². The molecule has 0 unspecified atom stereocenters.